The van der Waals surface area contributed by atoms with E-state index in [0.29, 0.717) is 6.54 Å². The normalized spacial score (nSPS) is 11.4. The smallest absolute Gasteiger partial charge is 0.227 e. The van der Waals surface area contributed by atoms with Crippen molar-refractivity contribution in [1.29, 1.82) is 5.26 Å². The number of rotatable bonds is 9. The van der Waals surface area contributed by atoms with Crippen LogP contribution in [0.3, 0.4) is 0 Å². The summed E-state index contributed by atoms with van der Waals surface area (Å²) in [6.07, 6.45) is 2.14. The fraction of sp³-hybridized carbons (Fsp3) is 0.280. The van der Waals surface area contributed by atoms with Gasteiger partial charge in [0.25, 0.3) is 0 Å². The molecule has 0 aliphatic heterocycles. The van der Waals surface area contributed by atoms with Crippen LogP contribution in [0, 0.1) is 18.3 Å². The Hall–Kier alpha value is -3.92. The molecule has 0 saturated heterocycles. The van der Waals surface area contributed by atoms with Crippen LogP contribution in [0.4, 0.5) is 5.69 Å². The van der Waals surface area contributed by atoms with E-state index in [2.05, 4.69) is 16.5 Å². The lowest BCUT2D eigenvalue weighted by Crippen LogP contribution is -2.33. The maximum absolute atomic E-state index is 12.7. The van der Waals surface area contributed by atoms with Crippen LogP contribution in [0.1, 0.15) is 43.5 Å². The summed E-state index contributed by atoms with van der Waals surface area (Å²) in [5.41, 5.74) is 3.56. The molecule has 7 heteroatoms. The number of para-hydroxylation sites is 2. The number of carbonyl (C=O) groups is 2. The Balaban J connectivity index is 1.59. The van der Waals surface area contributed by atoms with E-state index in [1.165, 1.54) is 0 Å². The fourth-order valence-electron chi connectivity index (χ4n) is 3.59. The van der Waals surface area contributed by atoms with Gasteiger partial charge in [-0.2, -0.15) is 10.4 Å². The molecule has 1 unspecified atom stereocenters. The van der Waals surface area contributed by atoms with Crippen LogP contribution in [-0.4, -0.2) is 28.1 Å². The van der Waals surface area contributed by atoms with E-state index < -0.39 is 0 Å². The highest BCUT2D eigenvalue weighted by Crippen LogP contribution is 2.20. The number of nitrogens with one attached hydrogen (secondary N) is 1. The van der Waals surface area contributed by atoms with Crippen molar-refractivity contribution in [2.24, 2.45) is 0 Å². The first-order valence-corrected chi connectivity index (χ1v) is 10.6. The summed E-state index contributed by atoms with van der Waals surface area (Å²) in [6.45, 7) is 4.17. The van der Waals surface area contributed by atoms with Crippen LogP contribution in [0.5, 0.6) is 0 Å². The quantitative estimate of drug-likeness (QED) is 0.555. The monoisotopic (exact) mass is 429 g/mol. The lowest BCUT2D eigenvalue weighted by molar-refractivity contribution is -0.125. The summed E-state index contributed by atoms with van der Waals surface area (Å²) < 4.78 is 1.84. The number of benzene rings is 2. The molecule has 1 N–H and O–H groups in total. The van der Waals surface area contributed by atoms with Gasteiger partial charge < -0.3 is 10.2 Å². The first-order chi connectivity index (χ1) is 15.5. The zero-order valence-electron chi connectivity index (χ0n) is 18.4. The molecule has 0 aliphatic rings. The Bertz CT molecular complexity index is 1090. The molecule has 1 atom stereocenters. The second kappa shape index (κ2) is 10.9. The van der Waals surface area contributed by atoms with Gasteiger partial charge in [0.15, 0.2) is 0 Å². The predicted molar refractivity (Wildman–Crippen MR) is 123 cm³/mol. The largest absolute Gasteiger partial charge is 0.349 e. The van der Waals surface area contributed by atoms with E-state index in [-0.39, 0.29) is 37.1 Å². The molecule has 32 heavy (non-hydrogen) atoms. The Kier molecular flexibility index (Phi) is 7.76. The molecule has 0 aliphatic carbocycles. The number of amides is 2. The third kappa shape index (κ3) is 5.61. The molecule has 0 spiro atoms. The average molecular weight is 430 g/mol. The van der Waals surface area contributed by atoms with Crippen molar-refractivity contribution in [1.82, 2.24) is 15.1 Å². The van der Waals surface area contributed by atoms with Crippen LogP contribution in [0.25, 0.3) is 5.69 Å². The molecule has 0 saturated carbocycles. The van der Waals surface area contributed by atoms with Gasteiger partial charge in [0.2, 0.25) is 11.8 Å². The number of hydrogen-bond acceptors (Lipinski definition) is 4. The lowest BCUT2D eigenvalue weighted by Gasteiger charge is -2.22. The molecule has 2 amide bonds. The zero-order valence-corrected chi connectivity index (χ0v) is 18.4. The minimum Gasteiger partial charge on any atom is -0.349 e. The molecule has 164 valence electrons. The SMILES string of the molecule is Cc1c(C(C)NC(=O)CCC(=O)N(CCC#N)c2ccccc2)cnn1-c1ccccc1. The minimum atomic E-state index is -0.237. The second-order valence-electron chi connectivity index (χ2n) is 7.51. The van der Waals surface area contributed by atoms with Crippen molar-refractivity contribution in [2.75, 3.05) is 11.4 Å². The molecule has 3 aromatic rings. The Morgan fingerprint density at radius 3 is 2.41 bits per heavy atom. The van der Waals surface area contributed by atoms with E-state index in [9.17, 15) is 9.59 Å². The van der Waals surface area contributed by atoms with Crippen LogP contribution in [0.15, 0.2) is 66.9 Å². The second-order valence-corrected chi connectivity index (χ2v) is 7.51. The van der Waals surface area contributed by atoms with E-state index >= 15 is 0 Å². The summed E-state index contributed by atoms with van der Waals surface area (Å²) in [5, 5.41) is 16.3. The van der Waals surface area contributed by atoms with Gasteiger partial charge in [0.05, 0.1) is 30.4 Å². The van der Waals surface area contributed by atoms with Crippen LogP contribution in [-0.2, 0) is 9.59 Å². The average Bonchev–Trinajstić information content (AvgIpc) is 3.20. The van der Waals surface area contributed by atoms with Gasteiger partial charge in [-0.1, -0.05) is 36.4 Å². The van der Waals surface area contributed by atoms with Crippen LogP contribution in [0.2, 0.25) is 0 Å². The van der Waals surface area contributed by atoms with Crippen molar-refractivity contribution in [2.45, 2.75) is 39.2 Å². The molecule has 0 radical (unpaired) electrons. The highest BCUT2D eigenvalue weighted by atomic mass is 16.2. The molecule has 1 aromatic heterocycles. The van der Waals surface area contributed by atoms with E-state index in [1.807, 2.05) is 79.2 Å². The van der Waals surface area contributed by atoms with E-state index in [4.69, 9.17) is 5.26 Å². The van der Waals surface area contributed by atoms with Crippen molar-refractivity contribution in [3.63, 3.8) is 0 Å². The number of nitrogens with zero attached hydrogens (tertiary/aromatic N) is 4. The summed E-state index contributed by atoms with van der Waals surface area (Å²) in [5.74, 6) is -0.381. The van der Waals surface area contributed by atoms with Crippen molar-refractivity contribution in [3.8, 4) is 11.8 Å². The van der Waals surface area contributed by atoms with Gasteiger partial charge >= 0.3 is 0 Å². The topological polar surface area (TPSA) is 91.0 Å². The molecule has 2 aromatic carbocycles. The maximum atomic E-state index is 12.7. The minimum absolute atomic E-state index is 0.0706. The molecular weight excluding hydrogens is 402 g/mol. The molecule has 1 heterocycles. The fourth-order valence-corrected chi connectivity index (χ4v) is 3.59. The summed E-state index contributed by atoms with van der Waals surface area (Å²) >= 11 is 0. The van der Waals surface area contributed by atoms with Crippen LogP contribution < -0.4 is 10.2 Å². The first kappa shape index (κ1) is 22.8. The molecule has 0 fully saturated rings. The molecule has 3 rings (SSSR count). The zero-order chi connectivity index (χ0) is 22.9. The van der Waals surface area contributed by atoms with Gasteiger partial charge in [-0.3, -0.25) is 9.59 Å². The summed E-state index contributed by atoms with van der Waals surface area (Å²) in [7, 11) is 0. The van der Waals surface area contributed by atoms with Crippen molar-refractivity contribution in [3.05, 3.63) is 78.1 Å². The number of anilines is 1. The van der Waals surface area contributed by atoms with E-state index in [1.54, 1.807) is 11.1 Å². The highest BCUT2D eigenvalue weighted by Gasteiger charge is 2.19. The van der Waals surface area contributed by atoms with Gasteiger partial charge in [-0.05, 0) is 38.1 Å². The lowest BCUT2D eigenvalue weighted by atomic mass is 10.1. The standard InChI is InChI=1S/C25H27N5O2/c1-19(23-18-27-30(20(23)2)22-12-7-4-8-13-22)28-24(31)14-15-25(32)29(17-9-16-26)21-10-5-3-6-11-21/h3-8,10-13,18-19H,9,14-15,17H2,1-2H3,(H,28,31). The molecule has 0 bridgehead atoms. The number of nitriles is 1. The Morgan fingerprint density at radius 1 is 1.09 bits per heavy atom. The first-order valence-electron chi connectivity index (χ1n) is 10.6. The predicted octanol–water partition coefficient (Wildman–Crippen LogP) is 4.09. The third-order valence-corrected chi connectivity index (χ3v) is 5.27. The maximum Gasteiger partial charge on any atom is 0.227 e. The summed E-state index contributed by atoms with van der Waals surface area (Å²) in [6, 6.07) is 20.8. The summed E-state index contributed by atoms with van der Waals surface area (Å²) in [4.78, 5) is 26.8. The number of hydrogen-bond donors (Lipinski definition) is 1. The van der Waals surface area contributed by atoms with Crippen molar-refractivity contribution < 1.29 is 9.59 Å². The van der Waals surface area contributed by atoms with Gasteiger partial charge in [0, 0.05) is 36.3 Å². The van der Waals surface area contributed by atoms with Crippen LogP contribution >= 0.6 is 0 Å². The van der Waals surface area contributed by atoms with E-state index in [0.717, 1.165) is 22.6 Å². The number of carbonyl (C=O) groups excluding carboxylic acids is 2. The highest BCUT2D eigenvalue weighted by molar-refractivity contribution is 5.95. The third-order valence-electron chi connectivity index (χ3n) is 5.27. The van der Waals surface area contributed by atoms with Gasteiger partial charge in [-0.15, -0.1) is 0 Å². The Labute approximate surface area is 188 Å². The molecule has 7 nitrogen and oxygen atoms in total. The molecular formula is C25H27N5O2. The van der Waals surface area contributed by atoms with Gasteiger partial charge in [0.1, 0.15) is 0 Å². The Morgan fingerprint density at radius 2 is 1.75 bits per heavy atom. The van der Waals surface area contributed by atoms with Gasteiger partial charge in [-0.25, -0.2) is 4.68 Å². The number of aromatic nitrogens is 2. The van der Waals surface area contributed by atoms with Crippen molar-refractivity contribution >= 4 is 17.5 Å².